The molecule has 0 atom stereocenters. The minimum absolute atomic E-state index is 0.130. The second kappa shape index (κ2) is 4.91. The van der Waals surface area contributed by atoms with E-state index in [4.69, 9.17) is 10.5 Å². The average molecular weight is 245 g/mol. The third-order valence-corrected chi connectivity index (χ3v) is 2.75. The van der Waals surface area contributed by atoms with Crippen LogP contribution in [-0.4, -0.2) is 22.7 Å². The number of carbonyl (C=O) groups excluding carboxylic acids is 1. The van der Waals surface area contributed by atoms with E-state index in [2.05, 4.69) is 5.10 Å². The van der Waals surface area contributed by atoms with Gasteiger partial charge < -0.3 is 10.5 Å². The molecule has 5 nitrogen and oxygen atoms in total. The van der Waals surface area contributed by atoms with Crippen LogP contribution in [0.15, 0.2) is 30.5 Å². The van der Waals surface area contributed by atoms with Crippen molar-refractivity contribution in [2.45, 2.75) is 13.5 Å². The lowest BCUT2D eigenvalue weighted by molar-refractivity contribution is 0.103. The normalized spacial score (nSPS) is 10.3. The average Bonchev–Trinajstić information content (AvgIpc) is 2.86. The SMILES string of the molecule is CCn1nccc1C(=O)c1ccc(OC)cc1N. The molecule has 0 aliphatic rings. The van der Waals surface area contributed by atoms with Gasteiger partial charge in [0.1, 0.15) is 11.4 Å². The fraction of sp³-hybridized carbons (Fsp3) is 0.231. The fourth-order valence-electron chi connectivity index (χ4n) is 1.79. The molecule has 5 heteroatoms. The minimum Gasteiger partial charge on any atom is -0.497 e. The molecular formula is C13H15N3O2. The van der Waals surface area contributed by atoms with Gasteiger partial charge in [0.15, 0.2) is 0 Å². The highest BCUT2D eigenvalue weighted by Gasteiger charge is 2.16. The number of anilines is 1. The molecule has 1 heterocycles. The number of nitrogen functional groups attached to an aromatic ring is 1. The monoisotopic (exact) mass is 245 g/mol. The van der Waals surface area contributed by atoms with Crippen molar-refractivity contribution in [3.05, 3.63) is 41.7 Å². The zero-order valence-electron chi connectivity index (χ0n) is 10.4. The highest BCUT2D eigenvalue weighted by Crippen LogP contribution is 2.22. The van der Waals surface area contributed by atoms with Crippen LogP contribution < -0.4 is 10.5 Å². The number of aromatic nitrogens is 2. The van der Waals surface area contributed by atoms with Gasteiger partial charge in [-0.25, -0.2) is 0 Å². The molecule has 0 unspecified atom stereocenters. The van der Waals surface area contributed by atoms with Crippen molar-refractivity contribution in [3.8, 4) is 5.75 Å². The molecule has 0 spiro atoms. The lowest BCUT2D eigenvalue weighted by atomic mass is 10.1. The van der Waals surface area contributed by atoms with E-state index in [1.54, 1.807) is 42.3 Å². The van der Waals surface area contributed by atoms with E-state index in [1.165, 1.54) is 0 Å². The number of benzene rings is 1. The Morgan fingerprint density at radius 2 is 2.22 bits per heavy atom. The molecule has 2 N–H and O–H groups in total. The Hall–Kier alpha value is -2.30. The predicted octanol–water partition coefficient (Wildman–Crippen LogP) is 1.72. The first-order chi connectivity index (χ1) is 8.67. The van der Waals surface area contributed by atoms with Crippen molar-refractivity contribution in [2.75, 3.05) is 12.8 Å². The van der Waals surface area contributed by atoms with Gasteiger partial charge in [-0.3, -0.25) is 9.48 Å². The molecule has 0 aliphatic carbocycles. The summed E-state index contributed by atoms with van der Waals surface area (Å²) in [5.41, 5.74) is 7.27. The van der Waals surface area contributed by atoms with Crippen LogP contribution >= 0.6 is 0 Å². The molecule has 0 fully saturated rings. The maximum absolute atomic E-state index is 12.3. The van der Waals surface area contributed by atoms with Crippen LogP contribution in [0.1, 0.15) is 23.0 Å². The molecule has 2 rings (SSSR count). The van der Waals surface area contributed by atoms with Crippen LogP contribution in [-0.2, 0) is 6.54 Å². The summed E-state index contributed by atoms with van der Waals surface area (Å²) < 4.78 is 6.70. The number of ether oxygens (including phenoxy) is 1. The molecular weight excluding hydrogens is 230 g/mol. The summed E-state index contributed by atoms with van der Waals surface area (Å²) in [6.07, 6.45) is 1.61. The molecule has 0 bridgehead atoms. The van der Waals surface area contributed by atoms with Crippen LogP contribution in [0.5, 0.6) is 5.75 Å². The van der Waals surface area contributed by atoms with Gasteiger partial charge in [0.2, 0.25) is 5.78 Å². The van der Waals surface area contributed by atoms with E-state index in [-0.39, 0.29) is 5.78 Å². The third kappa shape index (κ3) is 2.07. The highest BCUT2D eigenvalue weighted by molar-refractivity contribution is 6.11. The van der Waals surface area contributed by atoms with E-state index < -0.39 is 0 Å². The van der Waals surface area contributed by atoms with Crippen LogP contribution in [0.3, 0.4) is 0 Å². The maximum atomic E-state index is 12.3. The topological polar surface area (TPSA) is 70.1 Å². The smallest absolute Gasteiger partial charge is 0.213 e. The Kier molecular flexibility index (Phi) is 3.32. The second-order valence-electron chi connectivity index (χ2n) is 3.81. The Balaban J connectivity index is 2.40. The number of hydrogen-bond donors (Lipinski definition) is 1. The number of nitrogens with zero attached hydrogens (tertiary/aromatic N) is 2. The summed E-state index contributed by atoms with van der Waals surface area (Å²) in [5.74, 6) is 0.502. The number of methoxy groups -OCH3 is 1. The zero-order chi connectivity index (χ0) is 13.1. The van der Waals surface area contributed by atoms with E-state index in [0.717, 1.165) is 0 Å². The Labute approximate surface area is 105 Å². The van der Waals surface area contributed by atoms with Crippen molar-refractivity contribution in [2.24, 2.45) is 0 Å². The summed E-state index contributed by atoms with van der Waals surface area (Å²) in [6.45, 7) is 2.57. The van der Waals surface area contributed by atoms with Crippen LogP contribution in [0.2, 0.25) is 0 Å². The highest BCUT2D eigenvalue weighted by atomic mass is 16.5. The Bertz CT molecular complexity index is 575. The number of carbonyl (C=O) groups is 1. The van der Waals surface area contributed by atoms with Gasteiger partial charge >= 0.3 is 0 Å². The zero-order valence-corrected chi connectivity index (χ0v) is 10.4. The maximum Gasteiger partial charge on any atom is 0.213 e. The van der Waals surface area contributed by atoms with Crippen LogP contribution in [0.25, 0.3) is 0 Å². The molecule has 0 aliphatic heterocycles. The lowest BCUT2D eigenvalue weighted by Gasteiger charge is -2.08. The molecule has 94 valence electrons. The van der Waals surface area contributed by atoms with E-state index in [0.29, 0.717) is 29.2 Å². The fourth-order valence-corrected chi connectivity index (χ4v) is 1.79. The molecule has 1 aromatic carbocycles. The van der Waals surface area contributed by atoms with Crippen molar-refractivity contribution < 1.29 is 9.53 Å². The predicted molar refractivity (Wildman–Crippen MR) is 68.7 cm³/mol. The summed E-state index contributed by atoms with van der Waals surface area (Å²) in [4.78, 5) is 12.3. The number of hydrogen-bond acceptors (Lipinski definition) is 4. The summed E-state index contributed by atoms with van der Waals surface area (Å²) in [5, 5.41) is 4.07. The first kappa shape index (κ1) is 12.2. The van der Waals surface area contributed by atoms with Gasteiger partial charge in [0.05, 0.1) is 7.11 Å². The summed E-state index contributed by atoms with van der Waals surface area (Å²) >= 11 is 0. The molecule has 2 aromatic rings. The van der Waals surface area contributed by atoms with Gasteiger partial charge in [0.25, 0.3) is 0 Å². The van der Waals surface area contributed by atoms with Crippen molar-refractivity contribution >= 4 is 11.5 Å². The largest absolute Gasteiger partial charge is 0.497 e. The first-order valence-electron chi connectivity index (χ1n) is 5.67. The van der Waals surface area contributed by atoms with Gasteiger partial charge in [-0.05, 0) is 25.1 Å². The van der Waals surface area contributed by atoms with E-state index in [1.807, 2.05) is 6.92 Å². The molecule has 0 radical (unpaired) electrons. The Morgan fingerprint density at radius 1 is 1.44 bits per heavy atom. The number of nitrogens with two attached hydrogens (primary N) is 1. The number of ketones is 1. The standard InChI is InChI=1S/C13H15N3O2/c1-3-16-12(6-7-15-16)13(17)10-5-4-9(18-2)8-11(10)14/h4-8H,3,14H2,1-2H3. The van der Waals surface area contributed by atoms with Gasteiger partial charge in [-0.15, -0.1) is 0 Å². The van der Waals surface area contributed by atoms with Crippen LogP contribution in [0, 0.1) is 0 Å². The molecule has 0 amide bonds. The lowest BCUT2D eigenvalue weighted by Crippen LogP contribution is -2.12. The second-order valence-corrected chi connectivity index (χ2v) is 3.81. The quantitative estimate of drug-likeness (QED) is 0.657. The molecule has 0 saturated carbocycles. The van der Waals surface area contributed by atoms with Gasteiger partial charge in [-0.1, -0.05) is 0 Å². The summed E-state index contributed by atoms with van der Waals surface area (Å²) in [7, 11) is 1.56. The third-order valence-electron chi connectivity index (χ3n) is 2.75. The van der Waals surface area contributed by atoms with Crippen molar-refractivity contribution in [1.29, 1.82) is 0 Å². The minimum atomic E-state index is -0.130. The van der Waals surface area contributed by atoms with E-state index in [9.17, 15) is 4.79 Å². The molecule has 1 aromatic heterocycles. The number of aryl methyl sites for hydroxylation is 1. The van der Waals surface area contributed by atoms with Gasteiger partial charge in [-0.2, -0.15) is 5.10 Å². The number of rotatable bonds is 4. The Morgan fingerprint density at radius 3 is 2.83 bits per heavy atom. The van der Waals surface area contributed by atoms with E-state index >= 15 is 0 Å². The first-order valence-corrected chi connectivity index (χ1v) is 5.67. The molecule has 0 saturated heterocycles. The van der Waals surface area contributed by atoms with Crippen molar-refractivity contribution in [3.63, 3.8) is 0 Å². The van der Waals surface area contributed by atoms with Crippen LogP contribution in [0.4, 0.5) is 5.69 Å². The van der Waals surface area contributed by atoms with Gasteiger partial charge in [0, 0.05) is 30.1 Å². The summed E-state index contributed by atoms with van der Waals surface area (Å²) in [6, 6.07) is 6.72. The molecule has 18 heavy (non-hydrogen) atoms. The van der Waals surface area contributed by atoms with Crippen molar-refractivity contribution in [1.82, 2.24) is 9.78 Å².